The number of methoxy groups -OCH3 is 1. The van der Waals surface area contributed by atoms with Crippen LogP contribution in [0.25, 0.3) is 0 Å². The summed E-state index contributed by atoms with van der Waals surface area (Å²) in [4.78, 5) is 15.7. The van der Waals surface area contributed by atoms with Gasteiger partial charge in [0.05, 0.1) is 24.0 Å². The normalized spacial score (nSPS) is 10.1. The summed E-state index contributed by atoms with van der Waals surface area (Å²) in [6, 6.07) is 9.09. The fraction of sp³-hybridized carbons (Fsp3) is 0.200. The minimum Gasteiger partial charge on any atom is -0.465 e. The average Bonchev–Trinajstić information content (AvgIpc) is 2.49. The summed E-state index contributed by atoms with van der Waals surface area (Å²) < 4.78 is 4.75. The number of ether oxygens (including phenoxy) is 1. The lowest BCUT2D eigenvalue weighted by molar-refractivity contribution is 0.0602. The fourth-order valence-corrected chi connectivity index (χ4v) is 1.93. The number of carbonyl (C=O) groups is 1. The molecular formula is C15H17N3O2. The van der Waals surface area contributed by atoms with Gasteiger partial charge in [-0.3, -0.25) is 4.98 Å². The summed E-state index contributed by atoms with van der Waals surface area (Å²) in [5.74, 6) is -0.399. The van der Waals surface area contributed by atoms with Gasteiger partial charge in [-0.05, 0) is 36.2 Å². The fourth-order valence-electron chi connectivity index (χ4n) is 1.93. The first-order valence-corrected chi connectivity index (χ1v) is 6.32. The van der Waals surface area contributed by atoms with Crippen molar-refractivity contribution in [3.8, 4) is 0 Å². The molecule has 5 nitrogen and oxygen atoms in total. The largest absolute Gasteiger partial charge is 0.465 e. The molecule has 20 heavy (non-hydrogen) atoms. The van der Waals surface area contributed by atoms with Gasteiger partial charge in [0.1, 0.15) is 0 Å². The predicted molar refractivity (Wildman–Crippen MR) is 78.6 cm³/mol. The van der Waals surface area contributed by atoms with Crippen LogP contribution in [-0.4, -0.2) is 24.6 Å². The van der Waals surface area contributed by atoms with E-state index in [4.69, 9.17) is 10.5 Å². The van der Waals surface area contributed by atoms with Gasteiger partial charge in [0.2, 0.25) is 0 Å². The van der Waals surface area contributed by atoms with E-state index in [9.17, 15) is 4.79 Å². The molecule has 104 valence electrons. The number of esters is 1. The Morgan fingerprint density at radius 3 is 2.75 bits per heavy atom. The molecule has 0 amide bonds. The second-order valence-electron chi connectivity index (χ2n) is 4.29. The van der Waals surface area contributed by atoms with Crippen molar-refractivity contribution in [2.75, 3.05) is 24.7 Å². The third-order valence-electron chi connectivity index (χ3n) is 2.97. The molecule has 0 saturated heterocycles. The monoisotopic (exact) mass is 271 g/mol. The Bertz CT molecular complexity index is 585. The van der Waals surface area contributed by atoms with Crippen LogP contribution >= 0.6 is 0 Å². The van der Waals surface area contributed by atoms with Gasteiger partial charge in [0.15, 0.2) is 0 Å². The summed E-state index contributed by atoms with van der Waals surface area (Å²) in [5.41, 5.74) is 8.68. The number of para-hydroxylation sites is 1. The second kappa shape index (κ2) is 6.56. The van der Waals surface area contributed by atoms with Crippen molar-refractivity contribution in [3.63, 3.8) is 0 Å². The highest BCUT2D eigenvalue weighted by Crippen LogP contribution is 2.24. The number of aromatic nitrogens is 1. The van der Waals surface area contributed by atoms with Crippen molar-refractivity contribution in [3.05, 3.63) is 53.9 Å². The van der Waals surface area contributed by atoms with Crippen LogP contribution in [0.1, 0.15) is 15.9 Å². The van der Waals surface area contributed by atoms with Gasteiger partial charge in [-0.15, -0.1) is 0 Å². The molecule has 1 aromatic carbocycles. The van der Waals surface area contributed by atoms with Gasteiger partial charge in [-0.25, -0.2) is 4.79 Å². The van der Waals surface area contributed by atoms with E-state index in [2.05, 4.69) is 10.3 Å². The van der Waals surface area contributed by atoms with E-state index in [0.29, 0.717) is 23.5 Å². The topological polar surface area (TPSA) is 77.2 Å². The van der Waals surface area contributed by atoms with Gasteiger partial charge in [-0.2, -0.15) is 0 Å². The second-order valence-corrected chi connectivity index (χ2v) is 4.29. The minimum absolute atomic E-state index is 0.399. The number of nitrogens with two attached hydrogens (primary N) is 1. The van der Waals surface area contributed by atoms with Crippen molar-refractivity contribution in [2.24, 2.45) is 0 Å². The van der Waals surface area contributed by atoms with E-state index in [1.807, 2.05) is 12.1 Å². The molecule has 0 unspecified atom stereocenters. The molecule has 1 heterocycles. The molecule has 0 atom stereocenters. The quantitative estimate of drug-likeness (QED) is 0.643. The van der Waals surface area contributed by atoms with E-state index in [1.165, 1.54) is 12.7 Å². The summed E-state index contributed by atoms with van der Waals surface area (Å²) >= 11 is 0. The zero-order valence-corrected chi connectivity index (χ0v) is 11.3. The van der Waals surface area contributed by atoms with Crippen LogP contribution in [0.15, 0.2) is 42.7 Å². The third-order valence-corrected chi connectivity index (χ3v) is 2.97. The molecule has 0 saturated carbocycles. The standard InChI is InChI=1S/C15H17N3O2/c1-20-15(19)12-3-2-4-13(16)14(12)18-10-7-11-5-8-17-9-6-11/h2-6,8-9,18H,7,10,16H2,1H3. The Labute approximate surface area is 117 Å². The Morgan fingerprint density at radius 2 is 2.05 bits per heavy atom. The van der Waals surface area contributed by atoms with Gasteiger partial charge in [0, 0.05) is 18.9 Å². The zero-order valence-electron chi connectivity index (χ0n) is 11.3. The molecule has 3 N–H and O–H groups in total. The molecular weight excluding hydrogens is 254 g/mol. The zero-order chi connectivity index (χ0) is 14.4. The number of nitrogens with one attached hydrogen (secondary N) is 1. The maximum atomic E-state index is 11.7. The lowest BCUT2D eigenvalue weighted by Crippen LogP contribution is -2.12. The number of hydrogen-bond donors (Lipinski definition) is 2. The molecule has 0 fully saturated rings. The van der Waals surface area contributed by atoms with Crippen LogP contribution < -0.4 is 11.1 Å². The Balaban J connectivity index is 2.07. The summed E-state index contributed by atoms with van der Waals surface area (Å²) in [6.07, 6.45) is 4.33. The number of rotatable bonds is 5. The number of hydrogen-bond acceptors (Lipinski definition) is 5. The smallest absolute Gasteiger partial charge is 0.340 e. The molecule has 1 aromatic heterocycles. The van der Waals surface area contributed by atoms with E-state index >= 15 is 0 Å². The van der Waals surface area contributed by atoms with Gasteiger partial charge >= 0.3 is 5.97 Å². The molecule has 0 bridgehead atoms. The number of benzene rings is 1. The molecule has 0 spiro atoms. The first kappa shape index (κ1) is 13.9. The number of pyridine rings is 1. The van der Waals surface area contributed by atoms with Crippen LogP contribution in [-0.2, 0) is 11.2 Å². The molecule has 5 heteroatoms. The van der Waals surface area contributed by atoms with E-state index < -0.39 is 5.97 Å². The number of anilines is 2. The van der Waals surface area contributed by atoms with Crippen molar-refractivity contribution >= 4 is 17.3 Å². The van der Waals surface area contributed by atoms with Crippen molar-refractivity contribution < 1.29 is 9.53 Å². The highest BCUT2D eigenvalue weighted by molar-refractivity contribution is 5.98. The number of nitrogens with zero attached hydrogens (tertiary/aromatic N) is 1. The van der Waals surface area contributed by atoms with Gasteiger partial charge < -0.3 is 15.8 Å². The molecule has 2 aromatic rings. The Hall–Kier alpha value is -2.56. The number of carbonyl (C=O) groups excluding carboxylic acids is 1. The molecule has 0 radical (unpaired) electrons. The first-order chi connectivity index (χ1) is 9.72. The van der Waals surface area contributed by atoms with Crippen molar-refractivity contribution in [2.45, 2.75) is 6.42 Å². The van der Waals surface area contributed by atoms with Crippen LogP contribution in [0.5, 0.6) is 0 Å². The van der Waals surface area contributed by atoms with Gasteiger partial charge in [-0.1, -0.05) is 6.07 Å². The SMILES string of the molecule is COC(=O)c1cccc(N)c1NCCc1ccncc1. The van der Waals surface area contributed by atoms with Crippen LogP contribution in [0.4, 0.5) is 11.4 Å². The summed E-state index contributed by atoms with van der Waals surface area (Å²) in [6.45, 7) is 0.669. The molecule has 2 rings (SSSR count). The summed E-state index contributed by atoms with van der Waals surface area (Å²) in [7, 11) is 1.35. The van der Waals surface area contributed by atoms with E-state index in [0.717, 1.165) is 6.42 Å². The molecule has 0 aliphatic heterocycles. The van der Waals surface area contributed by atoms with Crippen LogP contribution in [0, 0.1) is 0 Å². The Morgan fingerprint density at radius 1 is 1.30 bits per heavy atom. The van der Waals surface area contributed by atoms with Gasteiger partial charge in [0.25, 0.3) is 0 Å². The Kier molecular flexibility index (Phi) is 4.55. The maximum absolute atomic E-state index is 11.7. The van der Waals surface area contributed by atoms with E-state index in [-0.39, 0.29) is 0 Å². The minimum atomic E-state index is -0.399. The third kappa shape index (κ3) is 3.26. The lowest BCUT2D eigenvalue weighted by atomic mass is 10.1. The van der Waals surface area contributed by atoms with Crippen LogP contribution in [0.3, 0.4) is 0 Å². The van der Waals surface area contributed by atoms with Crippen LogP contribution in [0.2, 0.25) is 0 Å². The van der Waals surface area contributed by atoms with E-state index in [1.54, 1.807) is 30.6 Å². The highest BCUT2D eigenvalue weighted by atomic mass is 16.5. The maximum Gasteiger partial charge on any atom is 0.340 e. The first-order valence-electron chi connectivity index (χ1n) is 6.32. The molecule has 0 aliphatic rings. The average molecular weight is 271 g/mol. The predicted octanol–water partition coefficient (Wildman–Crippen LogP) is 2.10. The highest BCUT2D eigenvalue weighted by Gasteiger charge is 2.13. The van der Waals surface area contributed by atoms with Crippen molar-refractivity contribution in [1.29, 1.82) is 0 Å². The number of nitrogen functional groups attached to an aromatic ring is 1. The lowest BCUT2D eigenvalue weighted by Gasteiger charge is -2.13. The molecule has 0 aliphatic carbocycles. The summed E-state index contributed by atoms with van der Waals surface area (Å²) in [5, 5.41) is 3.20. The van der Waals surface area contributed by atoms with Crippen molar-refractivity contribution in [1.82, 2.24) is 4.98 Å².